The van der Waals surface area contributed by atoms with Gasteiger partial charge >= 0.3 is 0 Å². The minimum Gasteiger partial charge on any atom is -0.492 e. The van der Waals surface area contributed by atoms with Gasteiger partial charge in [0.05, 0.1) is 6.61 Å². The van der Waals surface area contributed by atoms with E-state index in [0.29, 0.717) is 6.04 Å². The zero-order valence-corrected chi connectivity index (χ0v) is 12.6. The van der Waals surface area contributed by atoms with Crippen LogP contribution < -0.4 is 10.1 Å². The molecule has 0 aliphatic carbocycles. The van der Waals surface area contributed by atoms with Crippen LogP contribution in [0, 0.1) is 0 Å². The van der Waals surface area contributed by atoms with E-state index < -0.39 is 0 Å². The summed E-state index contributed by atoms with van der Waals surface area (Å²) in [5.74, 6) is 3.24. The molecule has 1 aromatic carbocycles. The molecule has 1 N–H and O–H groups in total. The molecule has 2 nitrogen and oxygen atoms in total. The zero-order chi connectivity index (χ0) is 13.2. The third-order valence-electron chi connectivity index (χ3n) is 2.84. The van der Waals surface area contributed by atoms with Crippen LogP contribution in [-0.2, 0) is 0 Å². The molecule has 0 saturated heterocycles. The van der Waals surface area contributed by atoms with E-state index in [2.05, 4.69) is 44.3 Å². The minimum atomic E-state index is 0.394. The molecule has 0 spiro atoms. The summed E-state index contributed by atoms with van der Waals surface area (Å²) in [5.41, 5.74) is 1.28. The molecule has 102 valence electrons. The lowest BCUT2D eigenvalue weighted by Crippen LogP contribution is -2.21. The van der Waals surface area contributed by atoms with Crippen LogP contribution >= 0.6 is 11.8 Å². The van der Waals surface area contributed by atoms with Crippen molar-refractivity contribution in [2.24, 2.45) is 0 Å². The molecule has 0 aromatic heterocycles. The Morgan fingerprint density at radius 3 is 2.67 bits per heavy atom. The lowest BCUT2D eigenvalue weighted by Gasteiger charge is -2.20. The number of para-hydroxylation sites is 1. The van der Waals surface area contributed by atoms with Crippen LogP contribution in [0.25, 0.3) is 0 Å². The molecule has 1 unspecified atom stereocenters. The van der Waals surface area contributed by atoms with Gasteiger partial charge in [-0.1, -0.05) is 39.0 Å². The molecule has 1 aromatic rings. The van der Waals surface area contributed by atoms with Gasteiger partial charge in [0.15, 0.2) is 0 Å². The normalized spacial score (nSPS) is 12.4. The Kier molecular flexibility index (Phi) is 7.94. The molecule has 1 rings (SSSR count). The average molecular weight is 267 g/mol. The predicted octanol–water partition coefficient (Wildman–Crippen LogP) is 3.88. The molecule has 0 aliphatic rings. The highest BCUT2D eigenvalue weighted by atomic mass is 32.2. The molecule has 0 aliphatic heterocycles. The summed E-state index contributed by atoms with van der Waals surface area (Å²) in [7, 11) is 0. The first-order valence-corrected chi connectivity index (χ1v) is 8.01. The highest BCUT2D eigenvalue weighted by Crippen LogP contribution is 2.27. The molecule has 18 heavy (non-hydrogen) atoms. The number of hydrogen-bond acceptors (Lipinski definition) is 3. The Balaban J connectivity index is 2.65. The summed E-state index contributed by atoms with van der Waals surface area (Å²) in [5, 5.41) is 3.51. The van der Waals surface area contributed by atoms with Crippen LogP contribution in [0.5, 0.6) is 5.75 Å². The van der Waals surface area contributed by atoms with Crippen LogP contribution in [-0.4, -0.2) is 24.7 Å². The fraction of sp³-hybridized carbons (Fsp3) is 0.600. The molecule has 0 saturated carbocycles. The summed E-state index contributed by atoms with van der Waals surface area (Å²) in [6.45, 7) is 8.30. The number of rotatable bonds is 9. The summed E-state index contributed by atoms with van der Waals surface area (Å²) in [6, 6.07) is 8.77. The molecule has 0 bridgehead atoms. The van der Waals surface area contributed by atoms with Gasteiger partial charge in [0.1, 0.15) is 5.75 Å². The molecule has 1 atom stereocenters. The molecule has 0 fully saturated rings. The first-order chi connectivity index (χ1) is 8.83. The fourth-order valence-electron chi connectivity index (χ4n) is 1.98. The highest BCUT2D eigenvalue weighted by Gasteiger charge is 2.12. The van der Waals surface area contributed by atoms with Gasteiger partial charge in [-0.15, -0.1) is 0 Å². The van der Waals surface area contributed by atoms with E-state index in [9.17, 15) is 0 Å². The summed E-state index contributed by atoms with van der Waals surface area (Å²) < 4.78 is 5.91. The van der Waals surface area contributed by atoms with E-state index in [1.165, 1.54) is 5.56 Å². The van der Waals surface area contributed by atoms with Crippen molar-refractivity contribution in [2.75, 3.05) is 24.7 Å². The van der Waals surface area contributed by atoms with Crippen molar-refractivity contribution in [3.05, 3.63) is 29.8 Å². The van der Waals surface area contributed by atoms with Gasteiger partial charge in [-0.3, -0.25) is 0 Å². The first kappa shape index (κ1) is 15.4. The monoisotopic (exact) mass is 267 g/mol. The number of thioether (sulfide) groups is 1. The van der Waals surface area contributed by atoms with Crippen molar-refractivity contribution >= 4 is 11.8 Å². The van der Waals surface area contributed by atoms with Crippen molar-refractivity contribution in [2.45, 2.75) is 33.2 Å². The van der Waals surface area contributed by atoms with Gasteiger partial charge in [0.25, 0.3) is 0 Å². The van der Waals surface area contributed by atoms with Gasteiger partial charge in [0, 0.05) is 17.4 Å². The smallest absolute Gasteiger partial charge is 0.124 e. The van der Waals surface area contributed by atoms with Crippen molar-refractivity contribution < 1.29 is 4.74 Å². The van der Waals surface area contributed by atoms with Crippen LogP contribution in [0.4, 0.5) is 0 Å². The second-order valence-corrected chi connectivity index (χ2v) is 5.50. The van der Waals surface area contributed by atoms with Gasteiger partial charge in [-0.05, 0) is 24.8 Å². The van der Waals surface area contributed by atoms with Crippen LogP contribution in [0.1, 0.15) is 38.8 Å². The Morgan fingerprint density at radius 1 is 1.22 bits per heavy atom. The summed E-state index contributed by atoms with van der Waals surface area (Å²) >= 11 is 1.92. The maximum absolute atomic E-state index is 5.91. The molecular formula is C15H25NOS. The Labute approximate surface area is 116 Å². The van der Waals surface area contributed by atoms with Gasteiger partial charge < -0.3 is 10.1 Å². The standard InChI is InChI=1S/C15H25NOS/c1-4-14(16-5-2)13-9-7-8-10-15(13)17-11-12-18-6-3/h7-10,14,16H,4-6,11-12H2,1-3H3. The third kappa shape index (κ3) is 4.91. The largest absolute Gasteiger partial charge is 0.492 e. The van der Waals surface area contributed by atoms with Crippen molar-refractivity contribution in [1.82, 2.24) is 5.32 Å². The van der Waals surface area contributed by atoms with E-state index in [4.69, 9.17) is 4.74 Å². The van der Waals surface area contributed by atoms with Crippen molar-refractivity contribution in [3.63, 3.8) is 0 Å². The Bertz CT molecular complexity index is 330. The van der Waals surface area contributed by atoms with E-state index in [1.807, 2.05) is 17.8 Å². The predicted molar refractivity (Wildman–Crippen MR) is 81.6 cm³/mol. The molecule has 0 radical (unpaired) electrons. The van der Waals surface area contributed by atoms with E-state index in [0.717, 1.165) is 36.8 Å². The molecule has 3 heteroatoms. The number of ether oxygens (including phenoxy) is 1. The Hall–Kier alpha value is -0.670. The van der Waals surface area contributed by atoms with Crippen molar-refractivity contribution in [3.8, 4) is 5.75 Å². The summed E-state index contributed by atoms with van der Waals surface area (Å²) in [6.07, 6.45) is 1.08. The Morgan fingerprint density at radius 2 is 2.00 bits per heavy atom. The lowest BCUT2D eigenvalue weighted by molar-refractivity contribution is 0.334. The zero-order valence-electron chi connectivity index (χ0n) is 11.7. The number of hydrogen-bond donors (Lipinski definition) is 1. The topological polar surface area (TPSA) is 21.3 Å². The second-order valence-electron chi connectivity index (χ2n) is 4.10. The maximum atomic E-state index is 5.91. The van der Waals surface area contributed by atoms with E-state index >= 15 is 0 Å². The fourth-order valence-corrected chi connectivity index (χ4v) is 2.47. The highest BCUT2D eigenvalue weighted by molar-refractivity contribution is 7.99. The summed E-state index contributed by atoms with van der Waals surface area (Å²) in [4.78, 5) is 0. The lowest BCUT2D eigenvalue weighted by atomic mass is 10.0. The van der Waals surface area contributed by atoms with Crippen LogP contribution in [0.2, 0.25) is 0 Å². The second kappa shape index (κ2) is 9.29. The molecule has 0 amide bonds. The van der Waals surface area contributed by atoms with Gasteiger partial charge in [0.2, 0.25) is 0 Å². The van der Waals surface area contributed by atoms with Gasteiger partial charge in [-0.2, -0.15) is 11.8 Å². The van der Waals surface area contributed by atoms with E-state index in [1.54, 1.807) is 0 Å². The van der Waals surface area contributed by atoms with Crippen LogP contribution in [0.3, 0.4) is 0 Å². The van der Waals surface area contributed by atoms with Gasteiger partial charge in [-0.25, -0.2) is 0 Å². The quantitative estimate of drug-likeness (QED) is 0.686. The minimum absolute atomic E-state index is 0.394. The number of benzene rings is 1. The average Bonchev–Trinajstić information content (AvgIpc) is 2.42. The molecular weight excluding hydrogens is 242 g/mol. The number of nitrogens with one attached hydrogen (secondary N) is 1. The SMILES string of the molecule is CCNC(CC)c1ccccc1OCCSCC. The van der Waals surface area contributed by atoms with Crippen LogP contribution in [0.15, 0.2) is 24.3 Å². The first-order valence-electron chi connectivity index (χ1n) is 6.86. The maximum Gasteiger partial charge on any atom is 0.124 e. The third-order valence-corrected chi connectivity index (χ3v) is 3.71. The van der Waals surface area contributed by atoms with Crippen molar-refractivity contribution in [1.29, 1.82) is 0 Å². The molecule has 0 heterocycles. The van der Waals surface area contributed by atoms with E-state index in [-0.39, 0.29) is 0 Å².